The van der Waals surface area contributed by atoms with Crippen molar-refractivity contribution in [3.8, 4) is 6.07 Å². The maximum atomic E-state index is 12.4. The number of piperidine rings is 1. The van der Waals surface area contributed by atoms with E-state index in [2.05, 4.69) is 6.07 Å². The maximum Gasteiger partial charge on any atom is 0.217 e. The molecule has 0 saturated carbocycles. The highest BCUT2D eigenvalue weighted by Gasteiger charge is 2.38. The van der Waals surface area contributed by atoms with Crippen LogP contribution in [0.4, 0.5) is 0 Å². The molecule has 0 radical (unpaired) electrons. The van der Waals surface area contributed by atoms with E-state index in [1.807, 2.05) is 0 Å². The molecule has 0 amide bonds. The van der Waals surface area contributed by atoms with Gasteiger partial charge in [-0.3, -0.25) is 0 Å². The van der Waals surface area contributed by atoms with Gasteiger partial charge in [0, 0.05) is 13.1 Å². The molecule has 2 heterocycles. The summed E-state index contributed by atoms with van der Waals surface area (Å²) in [4.78, 5) is 0. The van der Waals surface area contributed by atoms with Gasteiger partial charge in [-0.15, -0.1) is 0 Å². The Bertz CT molecular complexity index is 562. The zero-order chi connectivity index (χ0) is 14.1. The summed E-state index contributed by atoms with van der Waals surface area (Å²) in [6, 6.07) is 2.12. The van der Waals surface area contributed by atoms with Gasteiger partial charge in [0.05, 0.1) is 28.7 Å². The van der Waals surface area contributed by atoms with E-state index in [-0.39, 0.29) is 36.8 Å². The number of sulfonamides is 1. The van der Waals surface area contributed by atoms with Crippen molar-refractivity contribution in [2.45, 2.75) is 30.9 Å². The molecular weight excluding hydrogens is 288 g/mol. The van der Waals surface area contributed by atoms with Crippen LogP contribution in [0, 0.1) is 17.2 Å². The molecule has 6 nitrogen and oxygen atoms in total. The van der Waals surface area contributed by atoms with Gasteiger partial charge in [-0.1, -0.05) is 0 Å². The van der Waals surface area contributed by atoms with Gasteiger partial charge in [0.2, 0.25) is 10.0 Å². The molecule has 2 fully saturated rings. The van der Waals surface area contributed by atoms with Gasteiger partial charge in [0.25, 0.3) is 0 Å². The lowest BCUT2D eigenvalue weighted by molar-refractivity contribution is 0.300. The summed E-state index contributed by atoms with van der Waals surface area (Å²) in [5.74, 6) is -0.338. The van der Waals surface area contributed by atoms with Crippen molar-refractivity contribution in [2.75, 3.05) is 24.6 Å². The first kappa shape index (κ1) is 14.8. The van der Waals surface area contributed by atoms with Crippen molar-refractivity contribution < 1.29 is 16.8 Å². The number of rotatable bonds is 2. The average Bonchev–Trinajstić information content (AvgIpc) is 2.38. The van der Waals surface area contributed by atoms with Gasteiger partial charge in [-0.05, 0) is 25.7 Å². The van der Waals surface area contributed by atoms with Gasteiger partial charge in [0.1, 0.15) is 9.84 Å². The van der Waals surface area contributed by atoms with Crippen molar-refractivity contribution in [3.63, 3.8) is 0 Å². The normalized spacial score (nSPS) is 29.7. The molecule has 2 aliphatic heterocycles. The molecule has 0 spiro atoms. The summed E-state index contributed by atoms with van der Waals surface area (Å²) in [6.07, 6.45) is 1.79. The van der Waals surface area contributed by atoms with E-state index < -0.39 is 25.1 Å². The van der Waals surface area contributed by atoms with E-state index in [1.165, 1.54) is 4.31 Å². The van der Waals surface area contributed by atoms with Crippen LogP contribution in [0.2, 0.25) is 0 Å². The quantitative estimate of drug-likeness (QED) is 0.722. The Morgan fingerprint density at radius 3 is 2.37 bits per heavy atom. The minimum absolute atomic E-state index is 0.0492. The van der Waals surface area contributed by atoms with E-state index in [0.29, 0.717) is 13.0 Å². The number of sulfone groups is 1. The Labute approximate surface area is 114 Å². The SMILES string of the molecule is N#CC1CCCN(S(=O)(=O)C2CCS(=O)(=O)CC2)C1. The summed E-state index contributed by atoms with van der Waals surface area (Å²) >= 11 is 0. The zero-order valence-electron chi connectivity index (χ0n) is 10.7. The van der Waals surface area contributed by atoms with Crippen LogP contribution in [0.3, 0.4) is 0 Å². The molecule has 2 aliphatic rings. The first-order chi connectivity index (χ1) is 8.85. The van der Waals surface area contributed by atoms with Gasteiger partial charge < -0.3 is 0 Å². The van der Waals surface area contributed by atoms with Crippen LogP contribution in [0.1, 0.15) is 25.7 Å². The van der Waals surface area contributed by atoms with Gasteiger partial charge in [0.15, 0.2) is 0 Å². The predicted molar refractivity (Wildman–Crippen MR) is 70.5 cm³/mol. The molecule has 8 heteroatoms. The van der Waals surface area contributed by atoms with E-state index >= 15 is 0 Å². The number of hydrogen-bond acceptors (Lipinski definition) is 5. The van der Waals surface area contributed by atoms with Gasteiger partial charge in [-0.25, -0.2) is 21.1 Å². The molecule has 19 heavy (non-hydrogen) atoms. The molecule has 0 bridgehead atoms. The third-order valence-electron chi connectivity index (χ3n) is 3.85. The Kier molecular flexibility index (Phi) is 4.18. The standard InChI is InChI=1S/C11H18N2O4S2/c12-8-10-2-1-5-13(9-10)19(16,17)11-3-6-18(14,15)7-4-11/h10-11H,1-7,9H2. The van der Waals surface area contributed by atoms with Crippen molar-refractivity contribution in [1.29, 1.82) is 5.26 Å². The fourth-order valence-corrected chi connectivity index (χ4v) is 6.47. The summed E-state index contributed by atoms with van der Waals surface area (Å²) in [5, 5.41) is 8.30. The molecule has 1 atom stereocenters. The van der Waals surface area contributed by atoms with E-state index in [9.17, 15) is 16.8 Å². The molecule has 2 rings (SSSR count). The largest absolute Gasteiger partial charge is 0.229 e. The van der Waals surface area contributed by atoms with Crippen molar-refractivity contribution >= 4 is 19.9 Å². The van der Waals surface area contributed by atoms with Crippen molar-refractivity contribution in [1.82, 2.24) is 4.31 Å². The van der Waals surface area contributed by atoms with Crippen molar-refractivity contribution in [2.24, 2.45) is 5.92 Å². The molecule has 1 unspecified atom stereocenters. The molecule has 0 N–H and O–H groups in total. The first-order valence-corrected chi connectivity index (χ1v) is 9.76. The summed E-state index contributed by atoms with van der Waals surface area (Å²) in [7, 11) is -6.52. The maximum absolute atomic E-state index is 12.4. The third-order valence-corrected chi connectivity index (χ3v) is 7.93. The van der Waals surface area contributed by atoms with E-state index in [0.717, 1.165) is 6.42 Å². The second kappa shape index (κ2) is 5.38. The predicted octanol–water partition coefficient (Wildman–Crippen LogP) is 0.129. The molecule has 0 aliphatic carbocycles. The van der Waals surface area contributed by atoms with Crippen LogP contribution in [-0.4, -0.2) is 51.0 Å². The fraction of sp³-hybridized carbons (Fsp3) is 0.909. The van der Waals surface area contributed by atoms with E-state index in [4.69, 9.17) is 5.26 Å². The van der Waals surface area contributed by atoms with Gasteiger partial charge >= 0.3 is 0 Å². The lowest BCUT2D eigenvalue weighted by Gasteiger charge is -2.33. The zero-order valence-corrected chi connectivity index (χ0v) is 12.3. The minimum Gasteiger partial charge on any atom is -0.229 e. The second-order valence-electron chi connectivity index (χ2n) is 5.22. The highest BCUT2D eigenvalue weighted by atomic mass is 32.2. The highest BCUT2D eigenvalue weighted by molar-refractivity contribution is 7.92. The van der Waals surface area contributed by atoms with Crippen molar-refractivity contribution in [3.05, 3.63) is 0 Å². The monoisotopic (exact) mass is 306 g/mol. The third kappa shape index (κ3) is 3.27. The second-order valence-corrected chi connectivity index (χ2v) is 9.74. The number of hydrogen-bond donors (Lipinski definition) is 0. The molecule has 2 saturated heterocycles. The topological polar surface area (TPSA) is 95.3 Å². The van der Waals surface area contributed by atoms with Crippen LogP contribution in [0.25, 0.3) is 0 Å². The highest BCUT2D eigenvalue weighted by Crippen LogP contribution is 2.26. The Morgan fingerprint density at radius 2 is 1.79 bits per heavy atom. The summed E-state index contributed by atoms with van der Waals surface area (Å²) < 4.78 is 48.9. The van der Waals surface area contributed by atoms with E-state index in [1.54, 1.807) is 0 Å². The molecule has 108 valence electrons. The molecule has 0 aromatic heterocycles. The lowest BCUT2D eigenvalue weighted by atomic mass is 10.0. The average molecular weight is 306 g/mol. The number of nitriles is 1. The molecular formula is C11H18N2O4S2. The summed E-state index contributed by atoms with van der Waals surface area (Å²) in [6.45, 7) is 0.700. The van der Waals surface area contributed by atoms with Crippen LogP contribution in [0.5, 0.6) is 0 Å². The van der Waals surface area contributed by atoms with Gasteiger partial charge in [-0.2, -0.15) is 5.26 Å². The number of nitrogens with zero attached hydrogens (tertiary/aromatic N) is 2. The Hall–Kier alpha value is -0.650. The van der Waals surface area contributed by atoms with Crippen LogP contribution in [-0.2, 0) is 19.9 Å². The Morgan fingerprint density at radius 1 is 1.16 bits per heavy atom. The molecule has 0 aromatic rings. The van der Waals surface area contributed by atoms with Crippen LogP contribution < -0.4 is 0 Å². The minimum atomic E-state index is -3.46. The molecule has 0 aromatic carbocycles. The first-order valence-electron chi connectivity index (χ1n) is 6.44. The smallest absolute Gasteiger partial charge is 0.217 e. The lowest BCUT2D eigenvalue weighted by Crippen LogP contribution is -2.46. The van der Waals surface area contributed by atoms with Crippen LogP contribution in [0.15, 0.2) is 0 Å². The Balaban J connectivity index is 2.08. The fourth-order valence-electron chi connectivity index (χ4n) is 2.66. The van der Waals surface area contributed by atoms with Crippen LogP contribution >= 0.6 is 0 Å². The summed E-state index contributed by atoms with van der Waals surface area (Å²) in [5.41, 5.74) is 0.